The predicted molar refractivity (Wildman–Crippen MR) is 53.4 cm³/mol. The van der Waals surface area contributed by atoms with Gasteiger partial charge in [-0.15, -0.1) is 0 Å². The maximum Gasteiger partial charge on any atom is 0.412 e. The van der Waals surface area contributed by atoms with E-state index in [4.69, 9.17) is 9.47 Å². The summed E-state index contributed by atoms with van der Waals surface area (Å²) >= 11 is 0. The summed E-state index contributed by atoms with van der Waals surface area (Å²) in [5.41, 5.74) is -0.555. The van der Waals surface area contributed by atoms with E-state index in [1.165, 1.54) is 11.8 Å². The van der Waals surface area contributed by atoms with Crippen LogP contribution in [0.5, 0.6) is 0 Å². The topological polar surface area (TPSA) is 55.8 Å². The van der Waals surface area contributed by atoms with Gasteiger partial charge >= 0.3 is 6.09 Å². The van der Waals surface area contributed by atoms with E-state index in [-0.39, 0.29) is 19.1 Å². The third-order valence-electron chi connectivity index (χ3n) is 1.98. The summed E-state index contributed by atoms with van der Waals surface area (Å²) in [6.07, 6.45) is -0.500. The molecule has 0 aromatic heterocycles. The highest BCUT2D eigenvalue weighted by atomic mass is 16.6. The number of rotatable bonds is 1. The molecule has 15 heavy (non-hydrogen) atoms. The van der Waals surface area contributed by atoms with Crippen LogP contribution >= 0.6 is 0 Å². The maximum atomic E-state index is 11.6. The molecule has 86 valence electrons. The number of amides is 1. The molecule has 1 amide bonds. The molecule has 1 atom stereocenters. The number of carbonyl (C=O) groups excluding carboxylic acids is 2. The van der Waals surface area contributed by atoms with Gasteiger partial charge in [-0.1, -0.05) is 0 Å². The molecule has 1 aliphatic rings. The number of ketones is 1. The Morgan fingerprint density at radius 2 is 2.00 bits per heavy atom. The van der Waals surface area contributed by atoms with Gasteiger partial charge in [-0.25, -0.2) is 4.79 Å². The van der Waals surface area contributed by atoms with Gasteiger partial charge in [0.15, 0.2) is 5.78 Å². The van der Waals surface area contributed by atoms with Crippen molar-refractivity contribution in [2.75, 3.05) is 13.3 Å². The molecule has 0 N–H and O–H groups in total. The highest BCUT2D eigenvalue weighted by Crippen LogP contribution is 2.16. The van der Waals surface area contributed by atoms with Crippen LogP contribution in [-0.2, 0) is 14.3 Å². The van der Waals surface area contributed by atoms with E-state index in [0.717, 1.165) is 0 Å². The first-order valence-electron chi connectivity index (χ1n) is 4.89. The molecule has 0 bridgehead atoms. The van der Waals surface area contributed by atoms with E-state index < -0.39 is 17.7 Å². The molecule has 1 heterocycles. The van der Waals surface area contributed by atoms with Crippen molar-refractivity contribution >= 4 is 11.9 Å². The Morgan fingerprint density at radius 1 is 1.40 bits per heavy atom. The SMILES string of the molecule is CC(=O)C1COCN1C(=O)OC(C)(C)C. The Hall–Kier alpha value is -1.10. The summed E-state index contributed by atoms with van der Waals surface area (Å²) in [4.78, 5) is 24.2. The van der Waals surface area contributed by atoms with Crippen molar-refractivity contribution in [2.24, 2.45) is 0 Å². The van der Waals surface area contributed by atoms with Crippen LogP contribution in [0.2, 0.25) is 0 Å². The maximum absolute atomic E-state index is 11.6. The zero-order valence-electron chi connectivity index (χ0n) is 9.57. The molecular formula is C10H17NO4. The molecule has 0 aliphatic carbocycles. The molecule has 0 aromatic rings. The van der Waals surface area contributed by atoms with E-state index in [0.29, 0.717) is 0 Å². The van der Waals surface area contributed by atoms with Gasteiger partial charge in [-0.2, -0.15) is 0 Å². The second kappa shape index (κ2) is 4.18. The van der Waals surface area contributed by atoms with Gasteiger partial charge < -0.3 is 9.47 Å². The second-order valence-electron chi connectivity index (χ2n) is 4.58. The fraction of sp³-hybridized carbons (Fsp3) is 0.800. The molecule has 0 radical (unpaired) electrons. The van der Waals surface area contributed by atoms with Crippen LogP contribution in [0.15, 0.2) is 0 Å². The first-order valence-corrected chi connectivity index (χ1v) is 4.89. The van der Waals surface area contributed by atoms with Gasteiger partial charge in [0.25, 0.3) is 0 Å². The lowest BCUT2D eigenvalue weighted by Crippen LogP contribution is -2.43. The zero-order valence-corrected chi connectivity index (χ0v) is 9.57. The number of hydrogen-bond acceptors (Lipinski definition) is 4. The van der Waals surface area contributed by atoms with Crippen LogP contribution in [0.3, 0.4) is 0 Å². The molecular weight excluding hydrogens is 198 g/mol. The molecule has 1 aliphatic heterocycles. The Kier molecular flexibility index (Phi) is 3.34. The van der Waals surface area contributed by atoms with E-state index in [1.54, 1.807) is 20.8 Å². The van der Waals surface area contributed by atoms with Crippen molar-refractivity contribution < 1.29 is 19.1 Å². The van der Waals surface area contributed by atoms with Gasteiger partial charge in [0.1, 0.15) is 18.4 Å². The first-order chi connectivity index (χ1) is 6.81. The number of carbonyl (C=O) groups is 2. The summed E-state index contributed by atoms with van der Waals surface area (Å²) in [7, 11) is 0. The predicted octanol–water partition coefficient (Wildman–Crippen LogP) is 1.17. The Morgan fingerprint density at radius 3 is 2.47 bits per heavy atom. The molecule has 1 saturated heterocycles. The molecule has 5 nitrogen and oxygen atoms in total. The van der Waals surface area contributed by atoms with Crippen LogP contribution < -0.4 is 0 Å². The van der Waals surface area contributed by atoms with Crippen LogP contribution in [0, 0.1) is 0 Å². The number of hydrogen-bond donors (Lipinski definition) is 0. The highest BCUT2D eigenvalue weighted by Gasteiger charge is 2.35. The van der Waals surface area contributed by atoms with E-state index in [2.05, 4.69) is 0 Å². The van der Waals surface area contributed by atoms with Crippen molar-refractivity contribution in [1.82, 2.24) is 4.90 Å². The minimum Gasteiger partial charge on any atom is -0.444 e. The van der Waals surface area contributed by atoms with E-state index in [9.17, 15) is 9.59 Å². The monoisotopic (exact) mass is 215 g/mol. The van der Waals surface area contributed by atoms with Gasteiger partial charge in [0, 0.05) is 0 Å². The Bertz CT molecular complexity index is 269. The summed E-state index contributed by atoms with van der Waals surface area (Å²) in [5.74, 6) is -0.0849. The second-order valence-corrected chi connectivity index (χ2v) is 4.58. The smallest absolute Gasteiger partial charge is 0.412 e. The van der Waals surface area contributed by atoms with E-state index in [1.807, 2.05) is 0 Å². The fourth-order valence-electron chi connectivity index (χ4n) is 1.28. The van der Waals surface area contributed by atoms with Crippen molar-refractivity contribution in [1.29, 1.82) is 0 Å². The van der Waals surface area contributed by atoms with Crippen molar-refractivity contribution in [2.45, 2.75) is 39.3 Å². The minimum absolute atomic E-state index is 0.0849. The largest absolute Gasteiger partial charge is 0.444 e. The number of Topliss-reactive ketones (excluding diaryl/α,β-unsaturated/α-hetero) is 1. The van der Waals surface area contributed by atoms with E-state index >= 15 is 0 Å². The van der Waals surface area contributed by atoms with Crippen molar-refractivity contribution in [3.63, 3.8) is 0 Å². The summed E-state index contributed by atoms with van der Waals surface area (Å²) < 4.78 is 10.2. The summed E-state index contributed by atoms with van der Waals surface area (Å²) in [6, 6.07) is -0.500. The molecule has 1 rings (SSSR count). The molecule has 5 heteroatoms. The normalized spacial score (nSPS) is 21.6. The minimum atomic E-state index is -0.555. The first kappa shape index (κ1) is 12.0. The molecule has 0 aromatic carbocycles. The standard InChI is InChI=1S/C10H17NO4/c1-7(12)8-5-14-6-11(8)9(13)15-10(2,3)4/h8H,5-6H2,1-4H3. The molecule has 0 spiro atoms. The quantitative estimate of drug-likeness (QED) is 0.658. The van der Waals surface area contributed by atoms with Gasteiger partial charge in [0.2, 0.25) is 0 Å². The molecule has 1 fully saturated rings. The average molecular weight is 215 g/mol. The van der Waals surface area contributed by atoms with Crippen molar-refractivity contribution in [3.05, 3.63) is 0 Å². The summed E-state index contributed by atoms with van der Waals surface area (Å²) in [5, 5.41) is 0. The molecule has 1 unspecified atom stereocenters. The summed E-state index contributed by atoms with van der Waals surface area (Å²) in [6.45, 7) is 7.17. The van der Waals surface area contributed by atoms with Gasteiger partial charge in [0.05, 0.1) is 6.61 Å². The third kappa shape index (κ3) is 3.20. The fourth-order valence-corrected chi connectivity index (χ4v) is 1.28. The van der Waals surface area contributed by atoms with Crippen LogP contribution in [-0.4, -0.2) is 41.8 Å². The van der Waals surface area contributed by atoms with Gasteiger partial charge in [-0.05, 0) is 27.7 Å². The zero-order chi connectivity index (χ0) is 11.6. The highest BCUT2D eigenvalue weighted by molar-refractivity contribution is 5.86. The molecule has 0 saturated carbocycles. The number of nitrogens with zero attached hydrogens (tertiary/aromatic N) is 1. The Balaban J connectivity index is 2.63. The number of ether oxygens (including phenoxy) is 2. The van der Waals surface area contributed by atoms with Gasteiger partial charge in [-0.3, -0.25) is 9.69 Å². The van der Waals surface area contributed by atoms with Crippen LogP contribution in [0.25, 0.3) is 0 Å². The van der Waals surface area contributed by atoms with Crippen molar-refractivity contribution in [3.8, 4) is 0 Å². The van der Waals surface area contributed by atoms with Crippen LogP contribution in [0.1, 0.15) is 27.7 Å². The van der Waals surface area contributed by atoms with Crippen LogP contribution in [0.4, 0.5) is 4.79 Å². The lowest BCUT2D eigenvalue weighted by molar-refractivity contribution is -0.120. The lowest BCUT2D eigenvalue weighted by atomic mass is 10.2. The third-order valence-corrected chi connectivity index (χ3v) is 1.98. The lowest BCUT2D eigenvalue weighted by Gasteiger charge is -2.26. The average Bonchev–Trinajstić information content (AvgIpc) is 2.47. The Labute approximate surface area is 89.3 Å².